The second-order valence-electron chi connectivity index (χ2n) is 8.54. The van der Waals surface area contributed by atoms with Crippen LogP contribution in [0.15, 0.2) is 42.9 Å². The van der Waals surface area contributed by atoms with Crippen molar-refractivity contribution in [3.8, 4) is 11.1 Å². The Morgan fingerprint density at radius 3 is 2.79 bits per heavy atom. The quantitative estimate of drug-likeness (QED) is 0.430. The molecule has 34 heavy (non-hydrogen) atoms. The summed E-state index contributed by atoms with van der Waals surface area (Å²) in [4.78, 5) is 22.7. The van der Waals surface area contributed by atoms with E-state index < -0.39 is 0 Å². The number of rotatable bonds is 3. The van der Waals surface area contributed by atoms with Crippen LogP contribution in [0.25, 0.3) is 32.9 Å². The van der Waals surface area contributed by atoms with Crippen LogP contribution in [0.5, 0.6) is 0 Å². The molecule has 0 saturated carbocycles. The zero-order chi connectivity index (χ0) is 23.4. The minimum absolute atomic E-state index is 0.0323. The van der Waals surface area contributed by atoms with E-state index in [9.17, 15) is 4.79 Å². The molecule has 1 aliphatic heterocycles. The Morgan fingerprint density at radius 2 is 1.91 bits per heavy atom. The van der Waals surface area contributed by atoms with Crippen LogP contribution < -0.4 is 5.32 Å². The molecule has 4 aromatic heterocycles. The highest BCUT2D eigenvalue weighted by atomic mass is 19.1. The summed E-state index contributed by atoms with van der Waals surface area (Å²) in [5.41, 5.74) is 4.57. The summed E-state index contributed by atoms with van der Waals surface area (Å²) < 4.78 is 16.8. The Morgan fingerprint density at radius 1 is 1.03 bits per heavy atom. The van der Waals surface area contributed by atoms with E-state index in [-0.39, 0.29) is 18.3 Å². The molecular weight excluding hydrogens is 435 g/mol. The summed E-state index contributed by atoms with van der Waals surface area (Å²) in [5.74, 6) is 0.892. The number of nitrogens with zero attached hydrogens (tertiary/aromatic N) is 6. The topological polar surface area (TPSA) is 105 Å². The van der Waals surface area contributed by atoms with Crippen molar-refractivity contribution < 1.29 is 9.18 Å². The number of benzene rings is 1. The molecule has 10 heteroatoms. The number of H-pyrrole nitrogens is 1. The Balaban J connectivity index is 1.35. The van der Waals surface area contributed by atoms with Gasteiger partial charge in [-0.15, -0.1) is 0 Å². The van der Waals surface area contributed by atoms with Crippen LogP contribution in [0.4, 0.5) is 16.0 Å². The fourth-order valence-corrected chi connectivity index (χ4v) is 4.37. The van der Waals surface area contributed by atoms with Gasteiger partial charge < -0.3 is 10.2 Å². The van der Waals surface area contributed by atoms with Crippen LogP contribution in [-0.2, 0) is 17.8 Å². The van der Waals surface area contributed by atoms with E-state index in [1.807, 2.05) is 19.1 Å². The summed E-state index contributed by atoms with van der Waals surface area (Å²) >= 11 is 0. The SMILES string of the molecule is Cc1c(-c2cc3cc(Nc4cc5n(n4)CC(=O)N(C)CC5)ncc3cc2F)cnc2cn[nH]c12. The van der Waals surface area contributed by atoms with Gasteiger partial charge in [0.05, 0.1) is 11.7 Å². The number of pyridine rings is 2. The van der Waals surface area contributed by atoms with E-state index in [0.29, 0.717) is 34.7 Å². The van der Waals surface area contributed by atoms with E-state index in [4.69, 9.17) is 0 Å². The number of halogens is 1. The lowest BCUT2D eigenvalue weighted by atomic mass is 9.98. The molecule has 1 aromatic carbocycles. The van der Waals surface area contributed by atoms with E-state index in [1.165, 1.54) is 6.07 Å². The summed E-state index contributed by atoms with van der Waals surface area (Å²) in [7, 11) is 1.80. The molecule has 5 aromatic rings. The molecule has 0 radical (unpaired) electrons. The first-order chi connectivity index (χ1) is 16.5. The molecule has 170 valence electrons. The maximum Gasteiger partial charge on any atom is 0.244 e. The summed E-state index contributed by atoms with van der Waals surface area (Å²) in [6, 6.07) is 7.09. The highest BCUT2D eigenvalue weighted by Crippen LogP contribution is 2.32. The minimum Gasteiger partial charge on any atom is -0.344 e. The number of likely N-dealkylation sites (N-methyl/N-ethyl adjacent to an activating group) is 1. The Labute approximate surface area is 193 Å². The number of aromatic amines is 1. The Hall–Kier alpha value is -4.34. The van der Waals surface area contributed by atoms with Crippen molar-refractivity contribution in [2.24, 2.45) is 0 Å². The average molecular weight is 456 g/mol. The van der Waals surface area contributed by atoms with Gasteiger partial charge in [0.2, 0.25) is 5.91 Å². The number of nitrogens with one attached hydrogen (secondary N) is 2. The molecule has 0 fully saturated rings. The van der Waals surface area contributed by atoms with Crippen molar-refractivity contribution in [1.29, 1.82) is 0 Å². The van der Waals surface area contributed by atoms with Crippen LogP contribution in [-0.4, -0.2) is 54.3 Å². The molecule has 5 heterocycles. The Kier molecular flexibility index (Phi) is 4.54. The number of hydrogen-bond donors (Lipinski definition) is 2. The van der Waals surface area contributed by atoms with E-state index in [0.717, 1.165) is 34.1 Å². The predicted molar refractivity (Wildman–Crippen MR) is 126 cm³/mol. The number of hydrogen-bond acceptors (Lipinski definition) is 6. The molecular formula is C24H21FN8O. The van der Waals surface area contributed by atoms with Crippen molar-refractivity contribution in [3.05, 3.63) is 59.9 Å². The van der Waals surface area contributed by atoms with E-state index in [1.54, 1.807) is 41.3 Å². The average Bonchev–Trinajstić information content (AvgIpc) is 3.42. The number of amides is 1. The van der Waals surface area contributed by atoms with Crippen molar-refractivity contribution in [2.45, 2.75) is 19.9 Å². The molecule has 6 rings (SSSR count). The highest BCUT2D eigenvalue weighted by molar-refractivity contribution is 5.92. The van der Waals surface area contributed by atoms with Gasteiger partial charge >= 0.3 is 0 Å². The smallest absolute Gasteiger partial charge is 0.244 e. The standard InChI is InChI=1S/C24H21FN8O/c1-13-18(10-26-20-11-28-30-24(13)20)17-5-14-7-21(27-9-15(14)6-19(17)25)29-22-8-16-3-4-32(2)23(34)12-33(16)31-22/h5-11H,3-4,12H2,1-2H3,(H,28,30)(H,27,29,31). The normalized spacial score (nSPS) is 14.0. The molecule has 2 N–H and O–H groups in total. The van der Waals surface area contributed by atoms with Gasteiger partial charge in [0, 0.05) is 60.7 Å². The number of carbonyl (C=O) groups is 1. The van der Waals surface area contributed by atoms with Gasteiger partial charge in [-0.25, -0.2) is 9.37 Å². The fourth-order valence-electron chi connectivity index (χ4n) is 4.37. The first-order valence-corrected chi connectivity index (χ1v) is 10.9. The third-order valence-corrected chi connectivity index (χ3v) is 6.36. The highest BCUT2D eigenvalue weighted by Gasteiger charge is 2.19. The second-order valence-corrected chi connectivity index (χ2v) is 8.54. The predicted octanol–water partition coefficient (Wildman–Crippen LogP) is 3.58. The molecule has 1 aliphatic rings. The van der Waals surface area contributed by atoms with Crippen LogP contribution in [0.2, 0.25) is 0 Å². The van der Waals surface area contributed by atoms with E-state index in [2.05, 4.69) is 30.6 Å². The lowest BCUT2D eigenvalue weighted by Gasteiger charge is -2.12. The van der Waals surface area contributed by atoms with Crippen LogP contribution >= 0.6 is 0 Å². The molecule has 0 saturated heterocycles. The number of aromatic nitrogens is 6. The third kappa shape index (κ3) is 3.35. The number of fused-ring (bicyclic) bond motifs is 3. The first kappa shape index (κ1) is 20.3. The van der Waals surface area contributed by atoms with Crippen molar-refractivity contribution in [3.63, 3.8) is 0 Å². The minimum atomic E-state index is -0.341. The summed E-state index contributed by atoms with van der Waals surface area (Å²) in [6.07, 6.45) is 5.69. The zero-order valence-corrected chi connectivity index (χ0v) is 18.6. The van der Waals surface area contributed by atoms with Gasteiger partial charge in [-0.1, -0.05) is 0 Å². The largest absolute Gasteiger partial charge is 0.344 e. The summed E-state index contributed by atoms with van der Waals surface area (Å²) in [5, 5.41) is 16.2. The zero-order valence-electron chi connectivity index (χ0n) is 18.6. The van der Waals surface area contributed by atoms with Crippen molar-refractivity contribution in [2.75, 3.05) is 18.9 Å². The lowest BCUT2D eigenvalue weighted by Crippen LogP contribution is -2.29. The van der Waals surface area contributed by atoms with Crippen LogP contribution in [0, 0.1) is 12.7 Å². The van der Waals surface area contributed by atoms with Gasteiger partial charge in [-0.3, -0.25) is 19.6 Å². The second kappa shape index (κ2) is 7.62. The first-order valence-electron chi connectivity index (χ1n) is 10.9. The van der Waals surface area contributed by atoms with Crippen LogP contribution in [0.1, 0.15) is 11.3 Å². The van der Waals surface area contributed by atoms with Gasteiger partial charge in [-0.05, 0) is 36.1 Å². The molecule has 0 atom stereocenters. The number of anilines is 2. The fraction of sp³-hybridized carbons (Fsp3) is 0.208. The molecule has 0 bridgehead atoms. The number of carbonyl (C=O) groups excluding carboxylic acids is 1. The molecule has 0 spiro atoms. The lowest BCUT2D eigenvalue weighted by molar-refractivity contribution is -0.130. The molecule has 1 amide bonds. The maximum atomic E-state index is 15.0. The molecule has 0 unspecified atom stereocenters. The number of aryl methyl sites for hydroxylation is 1. The summed E-state index contributed by atoms with van der Waals surface area (Å²) in [6.45, 7) is 2.80. The third-order valence-electron chi connectivity index (χ3n) is 6.36. The van der Waals surface area contributed by atoms with Gasteiger partial charge in [0.15, 0.2) is 5.82 Å². The van der Waals surface area contributed by atoms with Gasteiger partial charge in [0.1, 0.15) is 23.7 Å². The van der Waals surface area contributed by atoms with Crippen molar-refractivity contribution >= 4 is 39.3 Å². The maximum absolute atomic E-state index is 15.0. The van der Waals surface area contributed by atoms with Crippen LogP contribution in [0.3, 0.4) is 0 Å². The Bertz CT molecular complexity index is 1590. The van der Waals surface area contributed by atoms with Gasteiger partial charge in [-0.2, -0.15) is 10.2 Å². The van der Waals surface area contributed by atoms with Crippen molar-refractivity contribution in [1.82, 2.24) is 34.8 Å². The van der Waals surface area contributed by atoms with E-state index >= 15 is 4.39 Å². The molecule has 0 aliphatic carbocycles. The molecule has 9 nitrogen and oxygen atoms in total. The van der Waals surface area contributed by atoms with Gasteiger partial charge in [0.25, 0.3) is 0 Å². The monoisotopic (exact) mass is 456 g/mol.